The van der Waals surface area contributed by atoms with E-state index in [4.69, 9.17) is 11.6 Å². The molecule has 0 radical (unpaired) electrons. The van der Waals surface area contributed by atoms with Crippen molar-refractivity contribution in [2.45, 2.75) is 37.6 Å². The molecule has 1 aliphatic rings. The zero-order valence-electron chi connectivity index (χ0n) is 15.4. The summed E-state index contributed by atoms with van der Waals surface area (Å²) in [5.41, 5.74) is 2.53. The van der Waals surface area contributed by atoms with Gasteiger partial charge < -0.3 is 5.32 Å². The minimum atomic E-state index is -3.51. The van der Waals surface area contributed by atoms with Gasteiger partial charge >= 0.3 is 0 Å². The molecule has 2 aromatic rings. The van der Waals surface area contributed by atoms with Gasteiger partial charge in [-0.1, -0.05) is 23.7 Å². The van der Waals surface area contributed by atoms with Gasteiger partial charge in [0.25, 0.3) is 5.91 Å². The maximum Gasteiger partial charge on any atom is 0.251 e. The number of carbonyl (C=O) groups is 1. The van der Waals surface area contributed by atoms with Crippen molar-refractivity contribution in [2.75, 3.05) is 13.1 Å². The SMILES string of the molecule is Cc1ccc(S(=O)(=O)N2CCC(NC(=O)c3cccc(Cl)c3)CC2)cc1C. The lowest BCUT2D eigenvalue weighted by Crippen LogP contribution is -2.46. The molecule has 0 bridgehead atoms. The molecular formula is C20H23ClN2O3S. The summed E-state index contributed by atoms with van der Waals surface area (Å²) in [6, 6.07) is 11.9. The van der Waals surface area contributed by atoms with Crippen LogP contribution in [0.4, 0.5) is 0 Å². The molecule has 1 saturated heterocycles. The van der Waals surface area contributed by atoms with Crippen molar-refractivity contribution < 1.29 is 13.2 Å². The van der Waals surface area contributed by atoms with E-state index in [1.165, 1.54) is 4.31 Å². The van der Waals surface area contributed by atoms with Crippen LogP contribution in [0.25, 0.3) is 0 Å². The Bertz CT molecular complexity index is 951. The van der Waals surface area contributed by atoms with Gasteiger partial charge in [-0.2, -0.15) is 4.31 Å². The van der Waals surface area contributed by atoms with Gasteiger partial charge in [-0.05, 0) is 68.1 Å². The predicted octanol–water partition coefficient (Wildman–Crippen LogP) is 3.54. The number of benzene rings is 2. The third-order valence-electron chi connectivity index (χ3n) is 4.99. The van der Waals surface area contributed by atoms with Crippen molar-refractivity contribution in [3.63, 3.8) is 0 Å². The van der Waals surface area contributed by atoms with E-state index in [9.17, 15) is 13.2 Å². The average molecular weight is 407 g/mol. The molecule has 0 unspecified atom stereocenters. The fourth-order valence-corrected chi connectivity index (χ4v) is 4.91. The van der Waals surface area contributed by atoms with Crippen molar-refractivity contribution in [3.8, 4) is 0 Å². The molecule has 0 aliphatic carbocycles. The fourth-order valence-electron chi connectivity index (χ4n) is 3.16. The second kappa shape index (κ2) is 8.00. The molecular weight excluding hydrogens is 384 g/mol. The van der Waals surface area contributed by atoms with Crippen LogP contribution >= 0.6 is 11.6 Å². The maximum atomic E-state index is 12.9. The van der Waals surface area contributed by atoms with Crippen LogP contribution in [0.3, 0.4) is 0 Å². The van der Waals surface area contributed by atoms with Crippen LogP contribution in [0, 0.1) is 13.8 Å². The van der Waals surface area contributed by atoms with E-state index in [0.29, 0.717) is 41.4 Å². The Balaban J connectivity index is 1.62. The van der Waals surface area contributed by atoms with Gasteiger partial charge in [0.1, 0.15) is 0 Å². The summed E-state index contributed by atoms with van der Waals surface area (Å²) < 4.78 is 27.2. The molecule has 0 atom stereocenters. The predicted molar refractivity (Wildman–Crippen MR) is 107 cm³/mol. The summed E-state index contributed by atoms with van der Waals surface area (Å²) >= 11 is 5.93. The number of nitrogens with one attached hydrogen (secondary N) is 1. The number of amides is 1. The van der Waals surface area contributed by atoms with Crippen LogP contribution in [-0.2, 0) is 10.0 Å². The summed E-state index contributed by atoms with van der Waals surface area (Å²) in [5, 5.41) is 3.48. The molecule has 1 N–H and O–H groups in total. The van der Waals surface area contributed by atoms with Crippen molar-refractivity contribution in [2.24, 2.45) is 0 Å². The van der Waals surface area contributed by atoms with Crippen molar-refractivity contribution in [1.82, 2.24) is 9.62 Å². The monoisotopic (exact) mass is 406 g/mol. The van der Waals surface area contributed by atoms with Gasteiger partial charge in [0.05, 0.1) is 4.90 Å². The van der Waals surface area contributed by atoms with Crippen LogP contribution in [0.1, 0.15) is 34.3 Å². The zero-order chi connectivity index (χ0) is 19.6. The van der Waals surface area contributed by atoms with Crippen LogP contribution in [0.15, 0.2) is 47.4 Å². The molecule has 27 heavy (non-hydrogen) atoms. The summed E-state index contributed by atoms with van der Waals surface area (Å²) in [4.78, 5) is 12.7. The fraction of sp³-hybridized carbons (Fsp3) is 0.350. The molecule has 1 amide bonds. The molecule has 7 heteroatoms. The second-order valence-corrected chi connectivity index (χ2v) is 9.28. The molecule has 0 spiro atoms. The Hall–Kier alpha value is -1.89. The van der Waals surface area contributed by atoms with Gasteiger partial charge in [-0.3, -0.25) is 4.79 Å². The van der Waals surface area contributed by atoms with Crippen molar-refractivity contribution in [3.05, 3.63) is 64.2 Å². The first-order valence-electron chi connectivity index (χ1n) is 8.91. The molecule has 5 nitrogen and oxygen atoms in total. The van der Waals surface area contributed by atoms with Gasteiger partial charge in [0.15, 0.2) is 0 Å². The van der Waals surface area contributed by atoms with E-state index in [-0.39, 0.29) is 11.9 Å². The maximum absolute atomic E-state index is 12.9. The molecule has 1 heterocycles. The highest BCUT2D eigenvalue weighted by Crippen LogP contribution is 2.23. The molecule has 3 rings (SSSR count). The lowest BCUT2D eigenvalue weighted by molar-refractivity contribution is 0.0924. The molecule has 1 aliphatic heterocycles. The van der Waals surface area contributed by atoms with E-state index >= 15 is 0 Å². The number of aryl methyl sites for hydroxylation is 2. The van der Waals surface area contributed by atoms with Crippen LogP contribution in [0.2, 0.25) is 5.02 Å². The minimum absolute atomic E-state index is 0.0531. The number of nitrogens with zero attached hydrogens (tertiary/aromatic N) is 1. The quantitative estimate of drug-likeness (QED) is 0.844. The first-order valence-corrected chi connectivity index (χ1v) is 10.7. The van der Waals surface area contributed by atoms with Crippen LogP contribution < -0.4 is 5.32 Å². The van der Waals surface area contributed by atoms with Gasteiger partial charge in [0.2, 0.25) is 10.0 Å². The zero-order valence-corrected chi connectivity index (χ0v) is 17.0. The molecule has 0 saturated carbocycles. The number of hydrogen-bond donors (Lipinski definition) is 1. The van der Waals surface area contributed by atoms with E-state index in [1.54, 1.807) is 36.4 Å². The standard InChI is InChI=1S/C20H23ClN2O3S/c1-14-6-7-19(12-15(14)2)27(25,26)23-10-8-18(9-11-23)22-20(24)16-4-3-5-17(21)13-16/h3-7,12-13,18H,8-11H2,1-2H3,(H,22,24). The summed E-state index contributed by atoms with van der Waals surface area (Å²) in [6.07, 6.45) is 1.16. The largest absolute Gasteiger partial charge is 0.349 e. The van der Waals surface area contributed by atoms with Gasteiger partial charge in [-0.15, -0.1) is 0 Å². The van der Waals surface area contributed by atoms with Gasteiger partial charge in [-0.25, -0.2) is 8.42 Å². The van der Waals surface area contributed by atoms with Crippen molar-refractivity contribution in [1.29, 1.82) is 0 Å². The number of piperidine rings is 1. The van der Waals surface area contributed by atoms with Crippen LogP contribution in [-0.4, -0.2) is 37.8 Å². The first kappa shape index (κ1) is 19.9. The Kier molecular flexibility index (Phi) is 5.89. The summed E-state index contributed by atoms with van der Waals surface area (Å²) in [6.45, 7) is 4.64. The average Bonchev–Trinajstić information content (AvgIpc) is 2.64. The minimum Gasteiger partial charge on any atom is -0.349 e. The molecule has 144 valence electrons. The van der Waals surface area contributed by atoms with E-state index in [1.807, 2.05) is 19.9 Å². The lowest BCUT2D eigenvalue weighted by Gasteiger charge is -2.31. The van der Waals surface area contributed by atoms with Gasteiger partial charge in [0, 0.05) is 29.7 Å². The van der Waals surface area contributed by atoms with Crippen LogP contribution in [0.5, 0.6) is 0 Å². The Morgan fingerprint density at radius 1 is 1.07 bits per heavy atom. The highest BCUT2D eigenvalue weighted by molar-refractivity contribution is 7.89. The smallest absolute Gasteiger partial charge is 0.251 e. The number of halogens is 1. The number of carbonyl (C=O) groups excluding carboxylic acids is 1. The van der Waals surface area contributed by atoms with E-state index < -0.39 is 10.0 Å². The molecule has 1 fully saturated rings. The molecule has 0 aromatic heterocycles. The van der Waals surface area contributed by atoms with E-state index in [0.717, 1.165) is 11.1 Å². The topological polar surface area (TPSA) is 66.5 Å². The number of rotatable bonds is 4. The second-order valence-electron chi connectivity index (χ2n) is 6.91. The Morgan fingerprint density at radius 2 is 1.78 bits per heavy atom. The third-order valence-corrected chi connectivity index (χ3v) is 7.12. The Labute approximate surface area is 165 Å². The normalized spacial score (nSPS) is 16.3. The highest BCUT2D eigenvalue weighted by Gasteiger charge is 2.30. The molecule has 2 aromatic carbocycles. The summed E-state index contributed by atoms with van der Waals surface area (Å²) in [7, 11) is -3.51. The van der Waals surface area contributed by atoms with E-state index in [2.05, 4.69) is 5.32 Å². The lowest BCUT2D eigenvalue weighted by atomic mass is 10.1. The Morgan fingerprint density at radius 3 is 2.41 bits per heavy atom. The summed E-state index contributed by atoms with van der Waals surface area (Å²) in [5.74, 6) is -0.187. The van der Waals surface area contributed by atoms with Crippen molar-refractivity contribution >= 4 is 27.5 Å². The third kappa shape index (κ3) is 4.51. The first-order chi connectivity index (χ1) is 12.8. The highest BCUT2D eigenvalue weighted by atomic mass is 35.5. The number of hydrogen-bond acceptors (Lipinski definition) is 3. The number of sulfonamides is 1.